The Labute approximate surface area is 117 Å². The molecule has 2 nitrogen and oxygen atoms in total. The number of halogens is 2. The lowest BCUT2D eigenvalue weighted by atomic mass is 9.96. The number of aryl methyl sites for hydroxylation is 2. The topological polar surface area (TPSA) is 38.0 Å². The Morgan fingerprint density at radius 1 is 1.10 bits per heavy atom. The van der Waals surface area contributed by atoms with Crippen LogP contribution >= 0.6 is 0 Å². The summed E-state index contributed by atoms with van der Waals surface area (Å²) < 4.78 is 27.1. The second-order valence-electron chi connectivity index (χ2n) is 5.06. The Hall–Kier alpha value is -1.78. The predicted molar refractivity (Wildman–Crippen MR) is 76.0 cm³/mol. The van der Waals surface area contributed by atoms with E-state index in [0.29, 0.717) is 6.42 Å². The molecule has 2 aromatic carbocycles. The van der Waals surface area contributed by atoms with Gasteiger partial charge in [0.25, 0.3) is 0 Å². The lowest BCUT2D eigenvalue weighted by Crippen LogP contribution is -2.30. The van der Waals surface area contributed by atoms with Crippen molar-refractivity contribution in [3.05, 3.63) is 70.3 Å². The van der Waals surface area contributed by atoms with E-state index in [4.69, 9.17) is 5.84 Å². The van der Waals surface area contributed by atoms with Crippen molar-refractivity contribution in [1.82, 2.24) is 5.43 Å². The highest BCUT2D eigenvalue weighted by atomic mass is 19.2. The first-order valence-electron chi connectivity index (χ1n) is 6.48. The zero-order valence-electron chi connectivity index (χ0n) is 11.6. The van der Waals surface area contributed by atoms with Crippen LogP contribution in [-0.4, -0.2) is 0 Å². The van der Waals surface area contributed by atoms with Gasteiger partial charge in [0.05, 0.1) is 6.04 Å². The van der Waals surface area contributed by atoms with Gasteiger partial charge in [0, 0.05) is 5.56 Å². The third kappa shape index (κ3) is 3.21. The molecule has 1 atom stereocenters. The van der Waals surface area contributed by atoms with Crippen molar-refractivity contribution in [2.45, 2.75) is 26.3 Å². The van der Waals surface area contributed by atoms with Crippen molar-refractivity contribution >= 4 is 0 Å². The van der Waals surface area contributed by atoms with Crippen molar-refractivity contribution in [2.75, 3.05) is 0 Å². The van der Waals surface area contributed by atoms with Crippen LogP contribution in [-0.2, 0) is 6.42 Å². The van der Waals surface area contributed by atoms with Gasteiger partial charge in [-0.3, -0.25) is 11.3 Å². The minimum absolute atomic E-state index is 0.242. The van der Waals surface area contributed by atoms with Gasteiger partial charge in [-0.15, -0.1) is 0 Å². The Kier molecular flexibility index (Phi) is 4.47. The molecule has 3 N–H and O–H groups in total. The molecule has 0 spiro atoms. The summed E-state index contributed by atoms with van der Waals surface area (Å²) in [4.78, 5) is 0. The van der Waals surface area contributed by atoms with Gasteiger partial charge in [-0.05, 0) is 31.9 Å². The molecule has 4 heteroatoms. The average Bonchev–Trinajstić information content (AvgIpc) is 2.38. The Balaban J connectivity index is 2.31. The second-order valence-corrected chi connectivity index (χ2v) is 5.06. The van der Waals surface area contributed by atoms with Crippen LogP contribution in [0.4, 0.5) is 8.78 Å². The van der Waals surface area contributed by atoms with Gasteiger partial charge in [-0.25, -0.2) is 8.78 Å². The Morgan fingerprint density at radius 2 is 1.75 bits per heavy atom. The number of rotatable bonds is 4. The van der Waals surface area contributed by atoms with E-state index in [0.717, 1.165) is 22.8 Å². The molecule has 0 saturated carbocycles. The van der Waals surface area contributed by atoms with Crippen molar-refractivity contribution in [3.8, 4) is 0 Å². The molecule has 20 heavy (non-hydrogen) atoms. The maximum atomic E-state index is 13.8. The molecule has 0 radical (unpaired) electrons. The fourth-order valence-electron chi connectivity index (χ4n) is 2.47. The first kappa shape index (κ1) is 14.6. The minimum Gasteiger partial charge on any atom is -0.271 e. The summed E-state index contributed by atoms with van der Waals surface area (Å²) in [5, 5.41) is 0. The van der Waals surface area contributed by atoms with E-state index >= 15 is 0 Å². The van der Waals surface area contributed by atoms with Gasteiger partial charge < -0.3 is 0 Å². The van der Waals surface area contributed by atoms with Crippen LogP contribution in [0.2, 0.25) is 0 Å². The molecule has 106 valence electrons. The van der Waals surface area contributed by atoms with Gasteiger partial charge in [0.2, 0.25) is 0 Å². The van der Waals surface area contributed by atoms with Gasteiger partial charge in [0.15, 0.2) is 11.6 Å². The van der Waals surface area contributed by atoms with Crippen molar-refractivity contribution in [1.29, 1.82) is 0 Å². The van der Waals surface area contributed by atoms with Crippen LogP contribution < -0.4 is 11.3 Å². The maximum absolute atomic E-state index is 13.8. The van der Waals surface area contributed by atoms with Crippen LogP contribution in [0.5, 0.6) is 0 Å². The molecule has 0 aliphatic rings. The number of benzene rings is 2. The average molecular weight is 276 g/mol. The zero-order chi connectivity index (χ0) is 14.7. The van der Waals surface area contributed by atoms with Crippen LogP contribution in [0.3, 0.4) is 0 Å². The molecule has 0 bridgehead atoms. The highest BCUT2D eigenvalue weighted by Gasteiger charge is 2.17. The smallest absolute Gasteiger partial charge is 0.163 e. The third-order valence-corrected chi connectivity index (χ3v) is 3.28. The maximum Gasteiger partial charge on any atom is 0.163 e. The molecule has 0 amide bonds. The van der Waals surface area contributed by atoms with Gasteiger partial charge >= 0.3 is 0 Å². The lowest BCUT2D eigenvalue weighted by Gasteiger charge is -2.18. The summed E-state index contributed by atoms with van der Waals surface area (Å²) in [6.07, 6.45) is 0.499. The monoisotopic (exact) mass is 276 g/mol. The van der Waals surface area contributed by atoms with Crippen LogP contribution in [0.25, 0.3) is 0 Å². The summed E-state index contributed by atoms with van der Waals surface area (Å²) in [5.74, 6) is 3.80. The van der Waals surface area contributed by atoms with E-state index in [-0.39, 0.29) is 5.56 Å². The second kappa shape index (κ2) is 6.11. The third-order valence-electron chi connectivity index (χ3n) is 3.28. The van der Waals surface area contributed by atoms with Crippen molar-refractivity contribution in [3.63, 3.8) is 0 Å². The number of hydrazine groups is 1. The molecule has 0 aliphatic carbocycles. The van der Waals surface area contributed by atoms with Gasteiger partial charge in [-0.1, -0.05) is 41.5 Å². The summed E-state index contributed by atoms with van der Waals surface area (Å²) in [6, 6.07) is 9.78. The summed E-state index contributed by atoms with van der Waals surface area (Å²) >= 11 is 0. The molecule has 0 aromatic heterocycles. The molecule has 1 unspecified atom stereocenters. The normalized spacial score (nSPS) is 12.4. The molecule has 0 fully saturated rings. The first-order valence-corrected chi connectivity index (χ1v) is 6.48. The molecule has 0 heterocycles. The number of hydrogen-bond acceptors (Lipinski definition) is 2. The van der Waals surface area contributed by atoms with Gasteiger partial charge in [-0.2, -0.15) is 0 Å². The molecule has 2 aromatic rings. The van der Waals surface area contributed by atoms with Gasteiger partial charge in [0.1, 0.15) is 0 Å². The summed E-state index contributed by atoms with van der Waals surface area (Å²) in [5.41, 5.74) is 6.12. The highest BCUT2D eigenvalue weighted by Crippen LogP contribution is 2.23. The van der Waals surface area contributed by atoms with Crippen molar-refractivity contribution < 1.29 is 8.78 Å². The standard InChI is InChI=1S/C16H18F2N2/c1-10-6-11(2)8-12(7-10)9-15(20-19)13-4-3-5-14(17)16(13)18/h3-8,15,20H,9,19H2,1-2H3. The number of nitrogens with one attached hydrogen (secondary N) is 1. The van der Waals surface area contributed by atoms with E-state index in [2.05, 4.69) is 11.5 Å². The molecular formula is C16H18F2N2. The first-order chi connectivity index (χ1) is 9.51. The van der Waals surface area contributed by atoms with E-state index < -0.39 is 17.7 Å². The molecule has 0 aliphatic heterocycles. The fraction of sp³-hybridized carbons (Fsp3) is 0.250. The lowest BCUT2D eigenvalue weighted by molar-refractivity contribution is 0.464. The summed E-state index contributed by atoms with van der Waals surface area (Å²) in [7, 11) is 0. The van der Waals surface area contributed by atoms with E-state index in [1.165, 1.54) is 6.07 Å². The molecular weight excluding hydrogens is 258 g/mol. The number of hydrogen-bond donors (Lipinski definition) is 2. The SMILES string of the molecule is Cc1cc(C)cc(CC(NN)c2cccc(F)c2F)c1. The van der Waals surface area contributed by atoms with Crippen LogP contribution in [0.1, 0.15) is 28.3 Å². The highest BCUT2D eigenvalue weighted by molar-refractivity contribution is 5.31. The molecule has 0 saturated heterocycles. The summed E-state index contributed by atoms with van der Waals surface area (Å²) in [6.45, 7) is 4.01. The molecule has 2 rings (SSSR count). The van der Waals surface area contributed by atoms with E-state index in [1.54, 1.807) is 6.07 Å². The minimum atomic E-state index is -0.858. The van der Waals surface area contributed by atoms with Crippen LogP contribution in [0.15, 0.2) is 36.4 Å². The van der Waals surface area contributed by atoms with E-state index in [1.807, 2.05) is 26.0 Å². The Morgan fingerprint density at radius 3 is 2.35 bits per heavy atom. The van der Waals surface area contributed by atoms with E-state index in [9.17, 15) is 8.78 Å². The Bertz CT molecular complexity index is 591. The predicted octanol–water partition coefficient (Wildman–Crippen LogP) is 3.33. The largest absolute Gasteiger partial charge is 0.271 e. The zero-order valence-corrected chi connectivity index (χ0v) is 11.6. The quantitative estimate of drug-likeness (QED) is 0.664. The van der Waals surface area contributed by atoms with Crippen LogP contribution in [0, 0.1) is 25.5 Å². The van der Waals surface area contributed by atoms with Crippen molar-refractivity contribution in [2.24, 2.45) is 5.84 Å². The number of nitrogens with two attached hydrogens (primary N) is 1. The fourth-order valence-corrected chi connectivity index (χ4v) is 2.47.